The zero-order chi connectivity index (χ0) is 20.6. The Balaban J connectivity index is 1.61. The van der Waals surface area contributed by atoms with E-state index in [2.05, 4.69) is 21.8 Å². The summed E-state index contributed by atoms with van der Waals surface area (Å²) in [5, 5.41) is 19.5. The van der Waals surface area contributed by atoms with E-state index in [0.29, 0.717) is 28.8 Å². The van der Waals surface area contributed by atoms with Gasteiger partial charge in [-0.2, -0.15) is 0 Å². The molecule has 0 radical (unpaired) electrons. The van der Waals surface area contributed by atoms with Gasteiger partial charge in [0.25, 0.3) is 0 Å². The van der Waals surface area contributed by atoms with Crippen molar-refractivity contribution in [3.63, 3.8) is 0 Å². The first-order chi connectivity index (χ1) is 14.1. The normalized spacial score (nSPS) is 11.8. The highest BCUT2D eigenvalue weighted by Crippen LogP contribution is 2.24. The Morgan fingerprint density at radius 1 is 1.31 bits per heavy atom. The van der Waals surface area contributed by atoms with E-state index in [0.717, 1.165) is 11.4 Å². The van der Waals surface area contributed by atoms with Gasteiger partial charge >= 0.3 is 0 Å². The molecule has 1 atom stereocenters. The summed E-state index contributed by atoms with van der Waals surface area (Å²) in [6.07, 6.45) is 4.48. The number of rotatable bonds is 10. The van der Waals surface area contributed by atoms with Crippen LogP contribution in [0.3, 0.4) is 0 Å². The molecule has 0 aliphatic rings. The smallest absolute Gasteiger partial charge is 0.191 e. The molecule has 0 bridgehead atoms. The molecule has 0 amide bonds. The largest absolute Gasteiger partial charge is 0.491 e. The molecule has 29 heavy (non-hydrogen) atoms. The van der Waals surface area contributed by atoms with E-state index < -0.39 is 6.10 Å². The highest BCUT2D eigenvalue weighted by Gasteiger charge is 2.15. The summed E-state index contributed by atoms with van der Waals surface area (Å²) >= 11 is 1.40. The number of aliphatic hydroxyl groups is 1. The average molecular weight is 410 g/mol. The van der Waals surface area contributed by atoms with Crippen LogP contribution >= 0.6 is 11.8 Å². The second kappa shape index (κ2) is 9.99. The predicted octanol–water partition coefficient (Wildman–Crippen LogP) is 3.26. The minimum Gasteiger partial charge on any atom is -0.491 e. The molecule has 0 aliphatic carbocycles. The third-order valence-corrected chi connectivity index (χ3v) is 5.17. The zero-order valence-corrected chi connectivity index (χ0v) is 16.9. The number of allylic oxidation sites excluding steroid dienone is 1. The van der Waals surface area contributed by atoms with Gasteiger partial charge in [-0.25, -0.2) is 0 Å². The average Bonchev–Trinajstić information content (AvgIpc) is 3.14. The molecule has 0 saturated heterocycles. The maximum absolute atomic E-state index is 11.5. The fraction of sp³-hybridized carbons (Fsp3) is 0.238. The molecule has 1 aromatic carbocycles. The number of carbonyl (C=O) groups excluding carboxylic acids is 1. The Kier molecular flexibility index (Phi) is 7.15. The maximum atomic E-state index is 11.5. The first-order valence-electron chi connectivity index (χ1n) is 9.07. The number of pyridine rings is 1. The Morgan fingerprint density at radius 3 is 2.83 bits per heavy atom. The van der Waals surface area contributed by atoms with E-state index in [9.17, 15) is 9.90 Å². The number of thioether (sulfide) groups is 1. The fourth-order valence-electron chi connectivity index (χ4n) is 2.62. The highest BCUT2D eigenvalue weighted by molar-refractivity contribution is 7.99. The molecule has 0 fully saturated rings. The van der Waals surface area contributed by atoms with E-state index in [1.54, 1.807) is 42.7 Å². The minimum atomic E-state index is -0.709. The van der Waals surface area contributed by atoms with Crippen molar-refractivity contribution in [1.29, 1.82) is 0 Å². The van der Waals surface area contributed by atoms with E-state index in [-0.39, 0.29) is 12.4 Å². The van der Waals surface area contributed by atoms with E-state index in [4.69, 9.17) is 4.74 Å². The Labute approximate surface area is 173 Å². The zero-order valence-electron chi connectivity index (χ0n) is 16.1. The summed E-state index contributed by atoms with van der Waals surface area (Å²) in [6, 6.07) is 10.7. The number of ether oxygens (including phenoxy) is 1. The van der Waals surface area contributed by atoms with Gasteiger partial charge in [-0.15, -0.1) is 16.8 Å². The molecule has 2 heterocycles. The lowest BCUT2D eigenvalue weighted by Crippen LogP contribution is -2.20. The molecule has 1 N–H and O–H groups in total. The van der Waals surface area contributed by atoms with Gasteiger partial charge < -0.3 is 9.84 Å². The highest BCUT2D eigenvalue weighted by atomic mass is 32.2. The molecule has 3 rings (SSSR count). The minimum absolute atomic E-state index is 0.0295. The van der Waals surface area contributed by atoms with Crippen LogP contribution in [0.25, 0.3) is 11.4 Å². The second-order valence-electron chi connectivity index (χ2n) is 6.30. The molecule has 8 heteroatoms. The number of nitrogens with zero attached hydrogens (tertiary/aromatic N) is 4. The van der Waals surface area contributed by atoms with Crippen molar-refractivity contribution >= 4 is 17.5 Å². The first kappa shape index (κ1) is 20.8. The van der Waals surface area contributed by atoms with Crippen molar-refractivity contribution < 1.29 is 14.6 Å². The molecular weight excluding hydrogens is 388 g/mol. The van der Waals surface area contributed by atoms with Gasteiger partial charge in [-0.3, -0.25) is 14.3 Å². The number of hydrogen-bond acceptors (Lipinski definition) is 7. The third-order valence-electron chi connectivity index (χ3n) is 4.05. The van der Waals surface area contributed by atoms with Crippen molar-refractivity contribution in [3.05, 3.63) is 67.0 Å². The summed E-state index contributed by atoms with van der Waals surface area (Å²) in [4.78, 5) is 15.5. The molecule has 2 aromatic heterocycles. The molecular formula is C21H22N4O3S. The van der Waals surface area contributed by atoms with E-state index in [1.165, 1.54) is 18.7 Å². The molecule has 3 aromatic rings. The summed E-state index contributed by atoms with van der Waals surface area (Å²) in [7, 11) is 0. The van der Waals surface area contributed by atoms with Crippen molar-refractivity contribution in [2.24, 2.45) is 0 Å². The van der Waals surface area contributed by atoms with Crippen LogP contribution in [0.15, 0.2) is 66.6 Å². The van der Waals surface area contributed by atoms with Crippen LogP contribution in [-0.4, -0.2) is 49.1 Å². The number of carbonyl (C=O) groups is 1. The van der Waals surface area contributed by atoms with Crippen LogP contribution in [0.4, 0.5) is 0 Å². The summed E-state index contributed by atoms with van der Waals surface area (Å²) in [6.45, 7) is 5.97. The Bertz CT molecular complexity index is 975. The Morgan fingerprint density at radius 2 is 2.10 bits per heavy atom. The van der Waals surface area contributed by atoms with Crippen LogP contribution in [-0.2, 0) is 6.54 Å². The topological polar surface area (TPSA) is 90.1 Å². The molecule has 0 spiro atoms. The van der Waals surface area contributed by atoms with E-state index >= 15 is 0 Å². The summed E-state index contributed by atoms with van der Waals surface area (Å²) in [5.74, 6) is 1.63. The van der Waals surface area contributed by atoms with Gasteiger partial charge in [-0.05, 0) is 31.2 Å². The molecule has 0 unspecified atom stereocenters. The summed E-state index contributed by atoms with van der Waals surface area (Å²) < 4.78 is 7.56. The second-order valence-corrected chi connectivity index (χ2v) is 7.29. The maximum Gasteiger partial charge on any atom is 0.191 e. The van der Waals surface area contributed by atoms with Gasteiger partial charge in [0.1, 0.15) is 12.4 Å². The number of ketones is 1. The van der Waals surface area contributed by atoms with Gasteiger partial charge in [0.15, 0.2) is 16.8 Å². The number of Topliss-reactive ketones (excluding diaryl/α,β-unsaturated/α-hetero) is 1. The quantitative estimate of drug-likeness (QED) is 0.312. The van der Waals surface area contributed by atoms with Gasteiger partial charge in [0.2, 0.25) is 0 Å². The predicted molar refractivity (Wildman–Crippen MR) is 112 cm³/mol. The number of aliphatic hydroxyl groups excluding tert-OH is 1. The fourth-order valence-corrected chi connectivity index (χ4v) is 3.47. The van der Waals surface area contributed by atoms with Crippen LogP contribution < -0.4 is 4.74 Å². The van der Waals surface area contributed by atoms with Crippen molar-refractivity contribution in [2.75, 3.05) is 12.4 Å². The number of hydrogen-bond donors (Lipinski definition) is 1. The van der Waals surface area contributed by atoms with Crippen molar-refractivity contribution in [1.82, 2.24) is 19.7 Å². The van der Waals surface area contributed by atoms with Gasteiger partial charge in [-0.1, -0.05) is 30.0 Å². The molecule has 0 aliphatic heterocycles. The molecule has 150 valence electrons. The molecule has 7 nitrogen and oxygen atoms in total. The molecule has 0 saturated carbocycles. The van der Waals surface area contributed by atoms with Crippen molar-refractivity contribution in [3.8, 4) is 17.1 Å². The van der Waals surface area contributed by atoms with Crippen molar-refractivity contribution in [2.45, 2.75) is 24.7 Å². The SMILES string of the molecule is C=CCn1c(SC[C@H](O)COc2cccc(C(C)=O)c2)nnc1-c1ccncc1. The van der Waals surface area contributed by atoms with Gasteiger partial charge in [0, 0.05) is 35.8 Å². The van der Waals surface area contributed by atoms with Crippen LogP contribution in [0, 0.1) is 0 Å². The Hall–Kier alpha value is -2.97. The van der Waals surface area contributed by atoms with Gasteiger partial charge in [0.05, 0.1) is 6.10 Å². The van der Waals surface area contributed by atoms with E-state index in [1.807, 2.05) is 16.7 Å². The van der Waals surface area contributed by atoms with Crippen LogP contribution in [0.2, 0.25) is 0 Å². The van der Waals surface area contributed by atoms with Crippen LogP contribution in [0.5, 0.6) is 5.75 Å². The third kappa shape index (κ3) is 5.52. The number of aromatic nitrogens is 4. The standard InChI is InChI=1S/C21H22N4O3S/c1-3-11-25-20(16-7-9-22-10-8-16)23-24-21(25)29-14-18(27)13-28-19-6-4-5-17(12-19)15(2)26/h3-10,12,18,27H,1,11,13-14H2,2H3/t18-/m1/s1. The van der Waals surface area contributed by atoms with Crippen LogP contribution in [0.1, 0.15) is 17.3 Å². The lowest BCUT2D eigenvalue weighted by Gasteiger charge is -2.13. The first-order valence-corrected chi connectivity index (χ1v) is 10.1. The summed E-state index contributed by atoms with van der Waals surface area (Å²) in [5.41, 5.74) is 1.49. The lowest BCUT2D eigenvalue weighted by molar-refractivity contribution is 0.101. The number of benzene rings is 1. The lowest BCUT2D eigenvalue weighted by atomic mass is 10.1. The monoisotopic (exact) mass is 410 g/mol.